The van der Waals surface area contributed by atoms with Gasteiger partial charge in [0.25, 0.3) is 0 Å². The molecule has 0 unspecified atom stereocenters. The predicted octanol–water partition coefficient (Wildman–Crippen LogP) is 4.75. The summed E-state index contributed by atoms with van der Waals surface area (Å²) in [7, 11) is 5.95. The van der Waals surface area contributed by atoms with Crippen molar-refractivity contribution in [3.63, 3.8) is 0 Å². The Morgan fingerprint density at radius 3 is 1.64 bits per heavy atom. The van der Waals surface area contributed by atoms with Crippen molar-refractivity contribution in [1.82, 2.24) is 0 Å². The Hall–Kier alpha value is -3.02. The van der Waals surface area contributed by atoms with Crippen LogP contribution in [-0.4, -0.2) is 38.7 Å². The standard InChI is InChI=1S/C18H20O6.C4H8/c1-10(12-6-7-13(21-2)17(20)16(12)19)11-8-14(22-3)18(24-5)15(9-11)23-4;1-2-4-3-1/h6-9,19-20H,1H2,2-5H3;1-4H2. The van der Waals surface area contributed by atoms with E-state index in [0.29, 0.717) is 33.9 Å². The Balaban J connectivity index is 0.000000620. The third-order valence-electron chi connectivity index (χ3n) is 4.67. The summed E-state index contributed by atoms with van der Waals surface area (Å²) >= 11 is 0. The van der Waals surface area contributed by atoms with E-state index >= 15 is 0 Å². The molecule has 0 saturated heterocycles. The molecular formula is C22H28O6. The molecular weight excluding hydrogens is 360 g/mol. The number of hydrogen-bond acceptors (Lipinski definition) is 6. The zero-order valence-corrected chi connectivity index (χ0v) is 16.9. The molecule has 1 fully saturated rings. The van der Waals surface area contributed by atoms with Gasteiger partial charge < -0.3 is 29.2 Å². The van der Waals surface area contributed by atoms with Crippen LogP contribution < -0.4 is 18.9 Å². The van der Waals surface area contributed by atoms with Gasteiger partial charge in [-0.1, -0.05) is 32.3 Å². The fraction of sp³-hybridized carbons (Fsp3) is 0.364. The highest BCUT2D eigenvalue weighted by Crippen LogP contribution is 2.45. The van der Waals surface area contributed by atoms with Crippen molar-refractivity contribution in [3.8, 4) is 34.5 Å². The van der Waals surface area contributed by atoms with Crippen molar-refractivity contribution in [3.05, 3.63) is 42.0 Å². The van der Waals surface area contributed by atoms with Crippen LogP contribution >= 0.6 is 0 Å². The van der Waals surface area contributed by atoms with Gasteiger partial charge in [0.2, 0.25) is 11.5 Å². The van der Waals surface area contributed by atoms with Crippen molar-refractivity contribution >= 4 is 5.57 Å². The summed E-state index contributed by atoms with van der Waals surface area (Å²) in [6.45, 7) is 4.00. The average Bonchev–Trinajstić information content (AvgIpc) is 2.66. The minimum atomic E-state index is -0.344. The largest absolute Gasteiger partial charge is 0.504 e. The lowest BCUT2D eigenvalue weighted by Crippen LogP contribution is -1.97. The zero-order chi connectivity index (χ0) is 20.7. The highest BCUT2D eigenvalue weighted by molar-refractivity contribution is 5.85. The molecule has 3 rings (SSSR count). The van der Waals surface area contributed by atoms with Gasteiger partial charge >= 0.3 is 0 Å². The molecule has 2 N–H and O–H groups in total. The highest BCUT2D eigenvalue weighted by atomic mass is 16.5. The molecule has 0 aromatic heterocycles. The van der Waals surface area contributed by atoms with Crippen LogP contribution in [0.3, 0.4) is 0 Å². The van der Waals surface area contributed by atoms with Crippen molar-refractivity contribution in [2.45, 2.75) is 25.7 Å². The molecule has 28 heavy (non-hydrogen) atoms. The van der Waals surface area contributed by atoms with Crippen LogP contribution in [0.4, 0.5) is 0 Å². The smallest absolute Gasteiger partial charge is 0.203 e. The molecule has 0 aliphatic heterocycles. The second kappa shape index (κ2) is 9.78. The van der Waals surface area contributed by atoms with Crippen LogP contribution in [0.2, 0.25) is 0 Å². The number of methoxy groups -OCH3 is 4. The Morgan fingerprint density at radius 1 is 0.750 bits per heavy atom. The fourth-order valence-electron chi connectivity index (χ4n) is 2.63. The summed E-state index contributed by atoms with van der Waals surface area (Å²) in [5.74, 6) is 0.902. The Morgan fingerprint density at radius 2 is 1.25 bits per heavy atom. The van der Waals surface area contributed by atoms with E-state index in [4.69, 9.17) is 18.9 Å². The third kappa shape index (κ3) is 4.44. The lowest BCUT2D eigenvalue weighted by Gasteiger charge is -2.16. The molecule has 0 spiro atoms. The summed E-state index contributed by atoms with van der Waals surface area (Å²) in [4.78, 5) is 0. The monoisotopic (exact) mass is 388 g/mol. The van der Waals surface area contributed by atoms with Gasteiger partial charge in [-0.2, -0.15) is 0 Å². The number of phenols is 2. The van der Waals surface area contributed by atoms with Crippen LogP contribution in [0.1, 0.15) is 36.8 Å². The molecule has 0 atom stereocenters. The summed E-state index contributed by atoms with van der Waals surface area (Å²) < 4.78 is 20.9. The van der Waals surface area contributed by atoms with E-state index in [0.717, 1.165) is 0 Å². The van der Waals surface area contributed by atoms with Gasteiger partial charge in [-0.05, 0) is 35.4 Å². The fourth-order valence-corrected chi connectivity index (χ4v) is 2.63. The van der Waals surface area contributed by atoms with Gasteiger partial charge in [0.1, 0.15) is 0 Å². The quantitative estimate of drug-likeness (QED) is 0.695. The first-order chi connectivity index (χ1) is 13.5. The summed E-state index contributed by atoms with van der Waals surface area (Å²) in [6, 6.07) is 6.59. The highest BCUT2D eigenvalue weighted by Gasteiger charge is 2.19. The molecule has 6 nitrogen and oxygen atoms in total. The summed E-state index contributed by atoms with van der Waals surface area (Å²) in [5, 5.41) is 20.2. The van der Waals surface area contributed by atoms with Gasteiger partial charge in [0, 0.05) is 5.56 Å². The predicted molar refractivity (Wildman–Crippen MR) is 109 cm³/mol. The molecule has 0 bridgehead atoms. The Bertz CT molecular complexity index is 795. The molecule has 2 aromatic rings. The Labute approximate surface area is 165 Å². The van der Waals surface area contributed by atoms with E-state index in [1.54, 1.807) is 24.3 Å². The normalized spacial score (nSPS) is 12.1. The second-order valence-electron chi connectivity index (χ2n) is 6.32. The summed E-state index contributed by atoms with van der Waals surface area (Å²) in [5.41, 5.74) is 1.48. The van der Waals surface area contributed by atoms with Crippen LogP contribution in [0.25, 0.3) is 5.57 Å². The first kappa shape index (κ1) is 21.3. The molecule has 0 heterocycles. The maximum Gasteiger partial charge on any atom is 0.203 e. The van der Waals surface area contributed by atoms with Crippen LogP contribution in [0.5, 0.6) is 34.5 Å². The third-order valence-corrected chi connectivity index (χ3v) is 4.67. The molecule has 0 amide bonds. The first-order valence-electron chi connectivity index (χ1n) is 9.07. The molecule has 1 aliphatic rings. The Kier molecular flexibility index (Phi) is 7.44. The van der Waals surface area contributed by atoms with Gasteiger partial charge in [-0.25, -0.2) is 0 Å². The molecule has 1 saturated carbocycles. The minimum Gasteiger partial charge on any atom is -0.504 e. The van der Waals surface area contributed by atoms with E-state index in [1.807, 2.05) is 0 Å². The maximum absolute atomic E-state index is 10.2. The lowest BCUT2D eigenvalue weighted by atomic mass is 9.97. The van der Waals surface area contributed by atoms with Gasteiger partial charge in [0.15, 0.2) is 23.0 Å². The van der Waals surface area contributed by atoms with E-state index in [-0.39, 0.29) is 17.2 Å². The number of ether oxygens (including phenoxy) is 4. The lowest BCUT2D eigenvalue weighted by molar-refractivity contribution is 0.324. The zero-order valence-electron chi connectivity index (χ0n) is 16.9. The van der Waals surface area contributed by atoms with Crippen LogP contribution in [0.15, 0.2) is 30.8 Å². The topological polar surface area (TPSA) is 77.4 Å². The second-order valence-corrected chi connectivity index (χ2v) is 6.32. The number of hydrogen-bond donors (Lipinski definition) is 2. The average molecular weight is 388 g/mol. The molecule has 6 heteroatoms. The summed E-state index contributed by atoms with van der Waals surface area (Å²) in [6.07, 6.45) is 6.00. The van der Waals surface area contributed by atoms with E-state index < -0.39 is 0 Å². The number of rotatable bonds is 6. The van der Waals surface area contributed by atoms with E-state index in [1.165, 1.54) is 54.1 Å². The van der Waals surface area contributed by atoms with Crippen molar-refractivity contribution < 1.29 is 29.2 Å². The molecule has 152 valence electrons. The van der Waals surface area contributed by atoms with Crippen LogP contribution in [-0.2, 0) is 0 Å². The van der Waals surface area contributed by atoms with E-state index in [2.05, 4.69) is 6.58 Å². The minimum absolute atomic E-state index is 0.175. The number of aromatic hydroxyl groups is 2. The SMILES string of the molecule is C1CCC1.C=C(c1cc(OC)c(OC)c(OC)c1)c1ccc(OC)c(O)c1O. The molecule has 0 radical (unpaired) electrons. The molecule has 1 aliphatic carbocycles. The van der Waals surface area contributed by atoms with Crippen molar-refractivity contribution in [2.24, 2.45) is 0 Å². The number of benzene rings is 2. The van der Waals surface area contributed by atoms with Gasteiger partial charge in [-0.3, -0.25) is 0 Å². The van der Waals surface area contributed by atoms with E-state index in [9.17, 15) is 10.2 Å². The van der Waals surface area contributed by atoms with Crippen molar-refractivity contribution in [2.75, 3.05) is 28.4 Å². The first-order valence-corrected chi connectivity index (χ1v) is 9.07. The maximum atomic E-state index is 10.2. The van der Waals surface area contributed by atoms with Gasteiger partial charge in [0.05, 0.1) is 28.4 Å². The molecule has 2 aromatic carbocycles. The number of phenolic OH excluding ortho intramolecular Hbond substituents is 2. The van der Waals surface area contributed by atoms with Crippen molar-refractivity contribution in [1.29, 1.82) is 0 Å². The van der Waals surface area contributed by atoms with Crippen LogP contribution in [0, 0.1) is 0 Å². The van der Waals surface area contributed by atoms with Gasteiger partial charge in [-0.15, -0.1) is 0 Å².